The van der Waals surface area contributed by atoms with Gasteiger partial charge in [-0.25, -0.2) is 0 Å². The summed E-state index contributed by atoms with van der Waals surface area (Å²) < 4.78 is 6.73. The summed E-state index contributed by atoms with van der Waals surface area (Å²) in [5, 5.41) is 5.02. The van der Waals surface area contributed by atoms with E-state index in [1.54, 1.807) is 11.0 Å². The number of aromatic nitrogens is 3. The Labute approximate surface area is 181 Å². The molecule has 31 heavy (non-hydrogen) atoms. The van der Waals surface area contributed by atoms with Crippen LogP contribution in [0, 0.1) is 0 Å². The molecule has 0 radical (unpaired) electrons. The fraction of sp³-hybridized carbons (Fsp3) is 0.286. The average Bonchev–Trinajstić information content (AvgIpc) is 3.31. The van der Waals surface area contributed by atoms with Gasteiger partial charge in [0.25, 0.3) is 5.56 Å². The molecule has 4 heterocycles. The number of para-hydroxylation sites is 1. The Hall–Kier alpha value is -3.37. The lowest BCUT2D eigenvalue weighted by atomic mass is 10.0. The maximum atomic E-state index is 12.7. The number of benzene rings is 1. The Balaban J connectivity index is 1.50. The molecule has 2 aliphatic heterocycles. The molecule has 1 aromatic carbocycles. The Morgan fingerprint density at radius 2 is 2.06 bits per heavy atom. The molecule has 3 aromatic rings. The van der Waals surface area contributed by atoms with Gasteiger partial charge in [0.1, 0.15) is 10.8 Å². The van der Waals surface area contributed by atoms with Gasteiger partial charge in [-0.2, -0.15) is 14.6 Å². The van der Waals surface area contributed by atoms with Crippen molar-refractivity contribution in [1.82, 2.24) is 19.5 Å². The largest absolute Gasteiger partial charge is 0.383 e. The Kier molecular flexibility index (Phi) is 4.87. The molecular formula is C21H20N6O3S. The third kappa shape index (κ3) is 3.53. The molecule has 0 bridgehead atoms. The first-order chi connectivity index (χ1) is 15.0. The van der Waals surface area contributed by atoms with Crippen LogP contribution in [0.2, 0.25) is 0 Å². The zero-order valence-corrected chi connectivity index (χ0v) is 17.7. The summed E-state index contributed by atoms with van der Waals surface area (Å²) in [4.78, 5) is 36.1. The van der Waals surface area contributed by atoms with Gasteiger partial charge < -0.3 is 15.4 Å². The molecule has 0 aliphatic carbocycles. The molecule has 0 spiro atoms. The van der Waals surface area contributed by atoms with Crippen molar-refractivity contribution in [3.05, 3.63) is 50.8 Å². The van der Waals surface area contributed by atoms with E-state index >= 15 is 0 Å². The summed E-state index contributed by atoms with van der Waals surface area (Å²) in [6.07, 6.45) is 1.86. The van der Waals surface area contributed by atoms with Gasteiger partial charge in [-0.15, -0.1) is 0 Å². The summed E-state index contributed by atoms with van der Waals surface area (Å²) in [5.74, 6) is 0.168. The first-order valence-electron chi connectivity index (χ1n) is 9.92. The molecule has 1 saturated heterocycles. The maximum absolute atomic E-state index is 12.7. The molecule has 0 unspecified atom stereocenters. The quantitative estimate of drug-likeness (QED) is 0.669. The van der Waals surface area contributed by atoms with Crippen molar-refractivity contribution in [2.45, 2.75) is 13.3 Å². The monoisotopic (exact) mass is 436 g/mol. The number of ether oxygens (including phenoxy) is 1. The molecule has 9 nitrogen and oxygen atoms in total. The standard InChI is InChI=1S/C21H20N6O3S/c1-12-14(13-4-2-3-5-16(13)23-12)10-15-19(22)27-21(24-20(15)29)31-17(25-27)11-18(28)26-6-8-30-9-7-26/h2-5,10H,6-9,11,22H2,1H3/b14-10+. The van der Waals surface area contributed by atoms with Crippen LogP contribution in [0.4, 0.5) is 11.5 Å². The number of carbonyl (C=O) groups is 1. The number of morpholine rings is 1. The maximum Gasteiger partial charge on any atom is 0.283 e. The summed E-state index contributed by atoms with van der Waals surface area (Å²) in [7, 11) is 0. The van der Waals surface area contributed by atoms with E-state index in [-0.39, 0.29) is 23.7 Å². The lowest BCUT2D eigenvalue weighted by molar-refractivity contribution is -0.134. The topological polar surface area (TPSA) is 115 Å². The molecule has 2 aliphatic rings. The Morgan fingerprint density at radius 1 is 1.29 bits per heavy atom. The second kappa shape index (κ2) is 7.71. The Bertz CT molecular complexity index is 1320. The molecule has 10 heteroatoms. The minimum Gasteiger partial charge on any atom is -0.383 e. The zero-order chi connectivity index (χ0) is 21.5. The van der Waals surface area contributed by atoms with E-state index < -0.39 is 5.56 Å². The van der Waals surface area contributed by atoms with Crippen LogP contribution in [-0.4, -0.2) is 57.4 Å². The van der Waals surface area contributed by atoms with Gasteiger partial charge >= 0.3 is 0 Å². The predicted octanol–water partition coefficient (Wildman–Crippen LogP) is 1.78. The number of allylic oxidation sites excluding steroid dienone is 1. The van der Waals surface area contributed by atoms with Crippen LogP contribution in [-0.2, 0) is 16.0 Å². The van der Waals surface area contributed by atoms with Crippen molar-refractivity contribution in [2.75, 3.05) is 32.0 Å². The van der Waals surface area contributed by atoms with Gasteiger partial charge in [0.05, 0.1) is 30.9 Å². The predicted molar refractivity (Wildman–Crippen MR) is 120 cm³/mol. The van der Waals surface area contributed by atoms with Gasteiger partial charge in [-0.1, -0.05) is 29.5 Å². The molecule has 0 atom stereocenters. The van der Waals surface area contributed by atoms with Crippen LogP contribution in [0.3, 0.4) is 0 Å². The molecule has 1 amide bonds. The van der Waals surface area contributed by atoms with Crippen LogP contribution >= 0.6 is 11.3 Å². The van der Waals surface area contributed by atoms with Crippen LogP contribution in [0.25, 0.3) is 16.6 Å². The third-order valence-corrected chi connectivity index (χ3v) is 6.27. The summed E-state index contributed by atoms with van der Waals surface area (Å²) in [5.41, 5.74) is 9.59. The van der Waals surface area contributed by atoms with E-state index in [0.29, 0.717) is 36.3 Å². The fourth-order valence-corrected chi connectivity index (χ4v) is 4.63. The minimum atomic E-state index is -0.433. The molecule has 2 aromatic heterocycles. The van der Waals surface area contributed by atoms with Gasteiger partial charge in [0.15, 0.2) is 0 Å². The van der Waals surface area contributed by atoms with Crippen LogP contribution < -0.4 is 11.3 Å². The van der Waals surface area contributed by atoms with Gasteiger partial charge in [-0.05, 0) is 19.1 Å². The minimum absolute atomic E-state index is 0.0272. The number of nitrogens with zero attached hydrogens (tertiary/aromatic N) is 5. The van der Waals surface area contributed by atoms with Gasteiger partial charge in [0, 0.05) is 29.9 Å². The number of hydrogen-bond donors (Lipinski definition) is 1. The number of carbonyl (C=O) groups excluding carboxylic acids is 1. The van der Waals surface area contributed by atoms with Gasteiger partial charge in [0.2, 0.25) is 10.9 Å². The number of aliphatic imine (C=N–C) groups is 1. The fourth-order valence-electron chi connectivity index (χ4n) is 3.74. The molecule has 158 valence electrons. The van der Waals surface area contributed by atoms with E-state index in [1.807, 2.05) is 31.2 Å². The molecule has 1 fully saturated rings. The first-order valence-corrected chi connectivity index (χ1v) is 10.7. The van der Waals surface area contributed by atoms with E-state index in [2.05, 4.69) is 15.1 Å². The van der Waals surface area contributed by atoms with Crippen LogP contribution in [0.5, 0.6) is 0 Å². The molecule has 0 saturated carbocycles. The average molecular weight is 436 g/mol. The van der Waals surface area contributed by atoms with Crippen molar-refractivity contribution >= 4 is 51.1 Å². The van der Waals surface area contributed by atoms with E-state index in [4.69, 9.17) is 10.5 Å². The van der Waals surface area contributed by atoms with E-state index in [1.165, 1.54) is 15.9 Å². The SMILES string of the molecule is CC1=Nc2ccccc2/C1=C/c1c(N)n2nc(CC(=O)N3CCOCC3)sc2nc1=O. The Morgan fingerprint density at radius 3 is 2.87 bits per heavy atom. The third-order valence-electron chi connectivity index (χ3n) is 5.36. The number of fused-ring (bicyclic) bond motifs is 2. The van der Waals surface area contributed by atoms with Crippen LogP contribution in [0.1, 0.15) is 23.1 Å². The highest BCUT2D eigenvalue weighted by molar-refractivity contribution is 7.16. The van der Waals surface area contributed by atoms with Crippen LogP contribution in [0.15, 0.2) is 34.1 Å². The van der Waals surface area contributed by atoms with Gasteiger partial charge in [-0.3, -0.25) is 14.6 Å². The van der Waals surface area contributed by atoms with E-state index in [9.17, 15) is 9.59 Å². The lowest BCUT2D eigenvalue weighted by Crippen LogP contribution is -2.41. The number of nitrogens with two attached hydrogens (primary N) is 1. The number of rotatable bonds is 3. The normalized spacial score (nSPS) is 17.3. The van der Waals surface area contributed by atoms with Crippen molar-refractivity contribution in [1.29, 1.82) is 0 Å². The van der Waals surface area contributed by atoms with Crippen molar-refractivity contribution in [3.8, 4) is 0 Å². The van der Waals surface area contributed by atoms with Crippen molar-refractivity contribution < 1.29 is 9.53 Å². The second-order valence-corrected chi connectivity index (χ2v) is 8.39. The van der Waals surface area contributed by atoms with Crippen molar-refractivity contribution in [2.24, 2.45) is 4.99 Å². The highest BCUT2D eigenvalue weighted by Crippen LogP contribution is 2.35. The summed E-state index contributed by atoms with van der Waals surface area (Å²) >= 11 is 1.20. The number of anilines is 1. The van der Waals surface area contributed by atoms with E-state index in [0.717, 1.165) is 22.5 Å². The number of nitrogen functional groups attached to an aromatic ring is 1. The number of amides is 1. The second-order valence-electron chi connectivity index (χ2n) is 7.35. The molecule has 2 N–H and O–H groups in total. The summed E-state index contributed by atoms with van der Waals surface area (Å²) in [6.45, 7) is 4.12. The highest BCUT2D eigenvalue weighted by atomic mass is 32.1. The van der Waals surface area contributed by atoms with Crippen molar-refractivity contribution in [3.63, 3.8) is 0 Å². The number of hydrogen-bond acceptors (Lipinski definition) is 8. The summed E-state index contributed by atoms with van der Waals surface area (Å²) in [6, 6.07) is 7.73. The molecular weight excluding hydrogens is 416 g/mol. The lowest BCUT2D eigenvalue weighted by Gasteiger charge is -2.26. The molecule has 5 rings (SSSR count). The highest BCUT2D eigenvalue weighted by Gasteiger charge is 2.22. The first kappa shape index (κ1) is 19.6. The zero-order valence-electron chi connectivity index (χ0n) is 16.9. The smallest absolute Gasteiger partial charge is 0.283 e.